The van der Waals surface area contributed by atoms with Gasteiger partial charge in [0.05, 0.1) is 30.1 Å². The van der Waals surface area contributed by atoms with Gasteiger partial charge in [0.25, 0.3) is 5.91 Å². The van der Waals surface area contributed by atoms with Crippen LogP contribution in [0.4, 0.5) is 11.4 Å². The van der Waals surface area contributed by atoms with Crippen molar-refractivity contribution in [2.75, 3.05) is 13.3 Å². The normalized spacial score (nSPS) is 15.7. The third-order valence-corrected chi connectivity index (χ3v) is 4.54. The molecule has 0 radical (unpaired) electrons. The topological polar surface area (TPSA) is 110 Å². The minimum Gasteiger partial charge on any atom is -0.344 e. The summed E-state index contributed by atoms with van der Waals surface area (Å²) >= 11 is 3.68. The minimum absolute atomic E-state index is 0.000605. The van der Waals surface area contributed by atoms with Crippen molar-refractivity contribution in [2.24, 2.45) is 10.2 Å². The number of thiol groups is 1. The monoisotopic (exact) mass is 423 g/mol. The van der Waals surface area contributed by atoms with Crippen molar-refractivity contribution in [2.45, 2.75) is 19.1 Å². The smallest absolute Gasteiger partial charge is 0.325 e. The molecule has 0 spiro atoms. The third-order valence-electron chi connectivity index (χ3n) is 3.67. The van der Waals surface area contributed by atoms with Crippen LogP contribution in [0.25, 0.3) is 0 Å². The van der Waals surface area contributed by atoms with E-state index in [1.807, 2.05) is 30.3 Å². The first-order valence-corrected chi connectivity index (χ1v) is 10.8. The molecule has 3 atom stereocenters. The van der Waals surface area contributed by atoms with E-state index in [2.05, 4.69) is 28.5 Å². The zero-order valence-corrected chi connectivity index (χ0v) is 17.2. The van der Waals surface area contributed by atoms with Gasteiger partial charge in [0, 0.05) is 12.2 Å². The first-order chi connectivity index (χ1) is 13.3. The van der Waals surface area contributed by atoms with Crippen LogP contribution in [0.5, 0.6) is 0 Å². The highest BCUT2D eigenvalue weighted by molar-refractivity contribution is 7.75. The second kappa shape index (κ2) is 10.5. The maximum atomic E-state index is 12.5. The lowest BCUT2D eigenvalue weighted by Crippen LogP contribution is -2.45. The molecule has 0 aliphatic carbocycles. The van der Waals surface area contributed by atoms with E-state index in [1.54, 1.807) is 31.2 Å². The van der Waals surface area contributed by atoms with Crippen molar-refractivity contribution in [3.05, 3.63) is 60.2 Å². The lowest BCUT2D eigenvalue weighted by Gasteiger charge is -2.25. The summed E-state index contributed by atoms with van der Waals surface area (Å²) < 4.78 is 21.2. The number of hydrogen-bond acceptors (Lipinski definition) is 7. The number of nitrogens with one attached hydrogen (secondary N) is 1. The fourth-order valence-corrected chi connectivity index (χ4v) is 3.22. The molecule has 2 aromatic carbocycles. The van der Waals surface area contributed by atoms with E-state index < -0.39 is 19.7 Å². The van der Waals surface area contributed by atoms with Crippen LogP contribution in [0.1, 0.15) is 17.3 Å². The number of hydrogen-bond donors (Lipinski definition) is 3. The Morgan fingerprint density at radius 2 is 1.71 bits per heavy atom. The number of carbonyl (C=O) groups excluding carboxylic acids is 1. The van der Waals surface area contributed by atoms with E-state index in [1.165, 1.54) is 0 Å². The summed E-state index contributed by atoms with van der Waals surface area (Å²) in [4.78, 5) is 21.8. The summed E-state index contributed by atoms with van der Waals surface area (Å²) in [5.74, 6) is -0.388. The molecule has 2 N–H and O–H groups in total. The van der Waals surface area contributed by atoms with Crippen LogP contribution in [0.15, 0.2) is 64.8 Å². The molecular weight excluding hydrogens is 401 g/mol. The number of benzene rings is 2. The Morgan fingerprint density at radius 1 is 1.14 bits per heavy atom. The van der Waals surface area contributed by atoms with E-state index in [-0.39, 0.29) is 12.5 Å². The van der Waals surface area contributed by atoms with Gasteiger partial charge in [-0.3, -0.25) is 9.36 Å². The molecule has 10 heteroatoms. The molecule has 0 heterocycles. The van der Waals surface area contributed by atoms with E-state index in [0.29, 0.717) is 11.3 Å². The van der Waals surface area contributed by atoms with Gasteiger partial charge in [0.2, 0.25) is 0 Å². The Bertz CT molecular complexity index is 842. The highest BCUT2D eigenvalue weighted by Gasteiger charge is 2.26. The standard InChI is InChI=1S/C18H22N3O5PS/c1-13(26-27(2,23)24)17(12-25-28)19-18(22)14-8-10-16(11-9-14)21-20-15-6-4-3-5-7-15/h3-11,13,17,28H,12H2,1-2H3,(H,19,22)(H,23,24)/b21-20+. The summed E-state index contributed by atoms with van der Waals surface area (Å²) in [7, 11) is -3.71. The lowest BCUT2D eigenvalue weighted by atomic mass is 10.1. The van der Waals surface area contributed by atoms with Gasteiger partial charge >= 0.3 is 7.60 Å². The molecule has 0 fully saturated rings. The lowest BCUT2D eigenvalue weighted by molar-refractivity contribution is 0.0824. The zero-order valence-electron chi connectivity index (χ0n) is 15.4. The maximum Gasteiger partial charge on any atom is 0.325 e. The Kier molecular flexibility index (Phi) is 8.35. The molecule has 150 valence electrons. The van der Waals surface area contributed by atoms with Gasteiger partial charge in [-0.2, -0.15) is 10.2 Å². The molecule has 0 aromatic heterocycles. The van der Waals surface area contributed by atoms with Gasteiger partial charge in [-0.15, -0.1) is 0 Å². The molecule has 1 amide bonds. The van der Waals surface area contributed by atoms with Crippen LogP contribution in [0, 0.1) is 0 Å². The summed E-state index contributed by atoms with van der Waals surface area (Å²) in [6.45, 7) is 2.64. The van der Waals surface area contributed by atoms with Crippen LogP contribution in [0.2, 0.25) is 0 Å². The Balaban J connectivity index is 2.02. The first-order valence-electron chi connectivity index (χ1n) is 8.41. The molecule has 0 aliphatic rings. The number of rotatable bonds is 9. The second-order valence-electron chi connectivity index (χ2n) is 6.07. The molecule has 28 heavy (non-hydrogen) atoms. The largest absolute Gasteiger partial charge is 0.344 e. The van der Waals surface area contributed by atoms with Gasteiger partial charge in [0.15, 0.2) is 0 Å². The Labute approximate surface area is 169 Å². The second-order valence-corrected chi connectivity index (χ2v) is 8.15. The Morgan fingerprint density at radius 3 is 2.25 bits per heavy atom. The summed E-state index contributed by atoms with van der Waals surface area (Å²) in [6.07, 6.45) is -0.754. The molecule has 0 aliphatic heterocycles. The van der Waals surface area contributed by atoms with Crippen molar-refractivity contribution < 1.29 is 23.0 Å². The van der Waals surface area contributed by atoms with Crippen LogP contribution < -0.4 is 5.32 Å². The Hall–Kier alpha value is -2.03. The van der Waals surface area contributed by atoms with Crippen molar-refractivity contribution >= 4 is 37.8 Å². The number of carbonyl (C=O) groups is 1. The summed E-state index contributed by atoms with van der Waals surface area (Å²) in [5.41, 5.74) is 1.71. The van der Waals surface area contributed by atoms with Crippen molar-refractivity contribution in [3.8, 4) is 0 Å². The molecule has 2 rings (SSSR count). The molecule has 8 nitrogen and oxygen atoms in total. The molecule has 2 aromatic rings. The van der Waals surface area contributed by atoms with E-state index in [0.717, 1.165) is 12.4 Å². The van der Waals surface area contributed by atoms with E-state index in [9.17, 15) is 14.3 Å². The fraction of sp³-hybridized carbons (Fsp3) is 0.278. The van der Waals surface area contributed by atoms with Crippen molar-refractivity contribution in [3.63, 3.8) is 0 Å². The van der Waals surface area contributed by atoms with Crippen LogP contribution >= 0.6 is 20.5 Å². The highest BCUT2D eigenvalue weighted by Crippen LogP contribution is 2.38. The number of nitrogens with zero attached hydrogens (tertiary/aromatic N) is 2. The predicted molar refractivity (Wildman–Crippen MR) is 110 cm³/mol. The average molecular weight is 423 g/mol. The predicted octanol–water partition coefficient (Wildman–Crippen LogP) is 4.28. The average Bonchev–Trinajstić information content (AvgIpc) is 2.66. The molecular formula is C18H22N3O5PS. The molecule has 0 bridgehead atoms. The van der Waals surface area contributed by atoms with E-state index >= 15 is 0 Å². The van der Waals surface area contributed by atoms with Gasteiger partial charge in [-0.05, 0) is 56.2 Å². The molecule has 0 saturated heterocycles. The quantitative estimate of drug-likeness (QED) is 0.241. The first kappa shape index (κ1) is 22.3. The van der Waals surface area contributed by atoms with Crippen molar-refractivity contribution in [1.82, 2.24) is 5.32 Å². The number of azo groups is 1. The van der Waals surface area contributed by atoms with Crippen LogP contribution in [-0.2, 0) is 13.3 Å². The highest BCUT2D eigenvalue weighted by atomic mass is 32.1. The minimum atomic E-state index is -3.71. The van der Waals surface area contributed by atoms with E-state index in [4.69, 9.17) is 8.71 Å². The van der Waals surface area contributed by atoms with Gasteiger partial charge < -0.3 is 18.9 Å². The van der Waals surface area contributed by atoms with Crippen LogP contribution in [0.3, 0.4) is 0 Å². The molecule has 3 unspecified atom stereocenters. The zero-order chi connectivity index (χ0) is 20.6. The van der Waals surface area contributed by atoms with Gasteiger partial charge in [-0.1, -0.05) is 18.2 Å². The summed E-state index contributed by atoms with van der Waals surface area (Å²) in [6, 6.07) is 15.2. The third kappa shape index (κ3) is 7.53. The van der Waals surface area contributed by atoms with Crippen molar-refractivity contribution in [1.29, 1.82) is 0 Å². The maximum absolute atomic E-state index is 12.5. The van der Waals surface area contributed by atoms with Crippen LogP contribution in [-0.4, -0.2) is 36.2 Å². The summed E-state index contributed by atoms with van der Waals surface area (Å²) in [5, 5.41) is 10.9. The molecule has 0 saturated carbocycles. The number of amides is 1. The van der Waals surface area contributed by atoms with Gasteiger partial charge in [-0.25, -0.2) is 0 Å². The van der Waals surface area contributed by atoms with Gasteiger partial charge in [0.1, 0.15) is 0 Å². The SMILES string of the molecule is CC(OP(C)(=O)O)C(COS)NC(=O)c1ccc(/N=N/c2ccccc2)cc1. The fourth-order valence-electron chi connectivity index (χ4n) is 2.30.